The Morgan fingerprint density at radius 1 is 0.380 bits per heavy atom. The second kappa shape index (κ2) is 17.1. The SMILES string of the molecule is CC(C)(C)OOOC(=O)c1ccc(C(=O)c2ccc(C(=O)OOOC(C)(C)C)c(C(=O)OOOC(C)(C)C)c2)cc1C(=O)OOOC(C)(C)C. The fraction of sp³-hybridized carbons (Fsp3) is 0.485. The summed E-state index contributed by atoms with van der Waals surface area (Å²) in [6, 6.07) is 6.47. The predicted molar refractivity (Wildman–Crippen MR) is 166 cm³/mol. The largest absolute Gasteiger partial charge is 0.377 e. The topological polar surface area (TPSA) is 196 Å². The van der Waals surface area contributed by atoms with E-state index in [2.05, 4.69) is 39.7 Å². The molecule has 0 bridgehead atoms. The standard InChI is InChI=1S/C33H42O17/c1-30(2,3)43-47-39-26(35)21-15-13-19(17-23(21)28(37)41-49-45-32(7,8)9)25(34)20-14-16-22(27(36)40-48-44-31(4,5)6)24(18-20)29(38)42-50-46-33(10,11)12/h13-18H,1-12H3. The Labute approximate surface area is 288 Å². The number of benzene rings is 2. The average Bonchev–Trinajstić information content (AvgIpc) is 2.97. The molecule has 0 aromatic heterocycles. The van der Waals surface area contributed by atoms with Crippen LogP contribution in [0, 0.1) is 0 Å². The zero-order chi connectivity index (χ0) is 38.1. The first-order chi connectivity index (χ1) is 22.9. The minimum atomic E-state index is -1.26. The van der Waals surface area contributed by atoms with E-state index >= 15 is 0 Å². The molecule has 0 unspecified atom stereocenters. The van der Waals surface area contributed by atoms with E-state index in [9.17, 15) is 24.0 Å². The summed E-state index contributed by atoms with van der Waals surface area (Å²) in [4.78, 5) is 104. The highest BCUT2D eigenvalue weighted by Gasteiger charge is 2.28. The Bertz CT molecular complexity index is 1420. The molecular formula is C33H42O17. The summed E-state index contributed by atoms with van der Waals surface area (Å²) in [7, 11) is 0. The highest BCUT2D eigenvalue weighted by atomic mass is 17.5. The van der Waals surface area contributed by atoms with Crippen LogP contribution in [0.25, 0.3) is 0 Å². The molecule has 0 amide bonds. The third kappa shape index (κ3) is 14.7. The van der Waals surface area contributed by atoms with Crippen LogP contribution in [0.4, 0.5) is 0 Å². The van der Waals surface area contributed by atoms with Gasteiger partial charge in [0.05, 0.1) is 44.7 Å². The molecule has 0 aliphatic heterocycles. The van der Waals surface area contributed by atoms with Gasteiger partial charge < -0.3 is 0 Å². The van der Waals surface area contributed by atoms with Crippen molar-refractivity contribution in [1.29, 1.82) is 0 Å². The van der Waals surface area contributed by atoms with Gasteiger partial charge in [0.15, 0.2) is 5.78 Å². The Hall–Kier alpha value is -4.33. The monoisotopic (exact) mass is 710 g/mol. The Balaban J connectivity index is 2.51. The van der Waals surface area contributed by atoms with Gasteiger partial charge in [-0.05, 0) is 128 Å². The van der Waals surface area contributed by atoms with Gasteiger partial charge in [-0.2, -0.15) is 19.6 Å². The number of rotatable bonds is 14. The van der Waals surface area contributed by atoms with Crippen molar-refractivity contribution in [2.24, 2.45) is 0 Å². The van der Waals surface area contributed by atoms with Crippen LogP contribution in [0.15, 0.2) is 36.4 Å². The zero-order valence-electron chi connectivity index (χ0n) is 29.9. The smallest absolute Gasteiger partial charge is 0.289 e. The molecule has 2 aromatic rings. The molecule has 0 heterocycles. The van der Waals surface area contributed by atoms with Crippen LogP contribution in [-0.4, -0.2) is 52.1 Å². The number of hydrogen-bond acceptors (Lipinski definition) is 17. The van der Waals surface area contributed by atoms with Gasteiger partial charge in [0, 0.05) is 11.1 Å². The molecule has 2 rings (SSSR count). The van der Waals surface area contributed by atoms with Gasteiger partial charge in [0.2, 0.25) is 0 Å². The second-order valence-corrected chi connectivity index (χ2v) is 14.4. The highest BCUT2D eigenvalue weighted by molar-refractivity contribution is 6.13. The van der Waals surface area contributed by atoms with Crippen molar-refractivity contribution in [3.05, 3.63) is 69.8 Å². The number of ketones is 1. The minimum absolute atomic E-state index is 0.194. The van der Waals surface area contributed by atoms with Crippen molar-refractivity contribution >= 4 is 29.7 Å². The summed E-state index contributed by atoms with van der Waals surface area (Å²) in [5.41, 5.74) is -5.72. The molecule has 0 spiro atoms. The minimum Gasteiger partial charge on any atom is -0.289 e. The van der Waals surface area contributed by atoms with E-state index in [0.29, 0.717) is 0 Å². The maximum absolute atomic E-state index is 13.7. The van der Waals surface area contributed by atoms with Gasteiger partial charge in [-0.1, -0.05) is 12.1 Å². The van der Waals surface area contributed by atoms with Crippen molar-refractivity contribution in [2.75, 3.05) is 0 Å². The van der Waals surface area contributed by atoms with E-state index < -0.39 is 74.3 Å². The molecule has 0 aliphatic rings. The lowest BCUT2D eigenvalue weighted by Crippen LogP contribution is -2.23. The second-order valence-electron chi connectivity index (χ2n) is 14.4. The molecule has 0 fully saturated rings. The van der Waals surface area contributed by atoms with Gasteiger partial charge in [-0.15, -0.1) is 0 Å². The first kappa shape index (κ1) is 41.8. The Morgan fingerprint density at radius 3 is 0.860 bits per heavy atom. The fourth-order valence-corrected chi connectivity index (χ4v) is 3.01. The van der Waals surface area contributed by atoms with E-state index in [-0.39, 0.29) is 11.1 Å². The normalized spacial score (nSPS) is 12.2. The van der Waals surface area contributed by atoms with Gasteiger partial charge in [0.1, 0.15) is 0 Å². The summed E-state index contributed by atoms with van der Waals surface area (Å²) in [5, 5.41) is 18.2. The van der Waals surface area contributed by atoms with Crippen LogP contribution in [0.3, 0.4) is 0 Å². The molecule has 0 N–H and O–H groups in total. The molecule has 0 saturated heterocycles. The van der Waals surface area contributed by atoms with Crippen LogP contribution in [-0.2, 0) is 59.3 Å². The average molecular weight is 711 g/mol. The van der Waals surface area contributed by atoms with Crippen molar-refractivity contribution in [3.63, 3.8) is 0 Å². The van der Waals surface area contributed by atoms with Gasteiger partial charge in [0.25, 0.3) is 0 Å². The third-order valence-corrected chi connectivity index (χ3v) is 5.02. The van der Waals surface area contributed by atoms with E-state index in [4.69, 9.17) is 19.6 Å². The highest BCUT2D eigenvalue weighted by Crippen LogP contribution is 2.23. The van der Waals surface area contributed by atoms with Crippen molar-refractivity contribution < 1.29 is 83.2 Å². The Morgan fingerprint density at radius 2 is 0.620 bits per heavy atom. The quantitative estimate of drug-likeness (QED) is 0.122. The van der Waals surface area contributed by atoms with Gasteiger partial charge in [-0.3, -0.25) is 24.3 Å². The molecule has 50 heavy (non-hydrogen) atoms. The molecule has 17 heteroatoms. The zero-order valence-corrected chi connectivity index (χ0v) is 29.9. The molecule has 0 saturated carbocycles. The maximum atomic E-state index is 13.7. The van der Waals surface area contributed by atoms with Crippen molar-refractivity contribution in [1.82, 2.24) is 0 Å². The lowest BCUT2D eigenvalue weighted by Gasteiger charge is -2.17. The Kier molecular flexibility index (Phi) is 14.3. The molecule has 17 nitrogen and oxygen atoms in total. The summed E-state index contributed by atoms with van der Waals surface area (Å²) in [6.45, 7) is 19.4. The molecule has 2 aromatic carbocycles. The molecule has 0 radical (unpaired) electrons. The van der Waals surface area contributed by atoms with Crippen molar-refractivity contribution in [3.8, 4) is 0 Å². The summed E-state index contributed by atoms with van der Waals surface area (Å²) >= 11 is 0. The number of hydrogen-bond donors (Lipinski definition) is 0. The van der Waals surface area contributed by atoms with Crippen molar-refractivity contribution in [2.45, 2.75) is 105 Å². The molecule has 276 valence electrons. The first-order valence-electron chi connectivity index (χ1n) is 15.0. The van der Waals surface area contributed by atoms with Crippen LogP contribution in [0.1, 0.15) is 140 Å². The molecule has 0 atom stereocenters. The lowest BCUT2D eigenvalue weighted by molar-refractivity contribution is -0.511. The predicted octanol–water partition coefficient (Wildman–Crippen LogP) is 6.19. The third-order valence-electron chi connectivity index (χ3n) is 5.02. The van der Waals surface area contributed by atoms with Gasteiger partial charge in [-0.25, -0.2) is 19.2 Å². The summed E-state index contributed by atoms with van der Waals surface area (Å²) in [5.74, 6) is -5.71. The van der Waals surface area contributed by atoms with Gasteiger partial charge >= 0.3 is 23.9 Å². The van der Waals surface area contributed by atoms with Crippen LogP contribution in [0.5, 0.6) is 0 Å². The van der Waals surface area contributed by atoms with E-state index in [0.717, 1.165) is 24.3 Å². The van der Waals surface area contributed by atoms with E-state index in [1.54, 1.807) is 83.1 Å². The lowest BCUT2D eigenvalue weighted by atomic mass is 9.95. The number of carbonyl (C=O) groups is 5. The van der Waals surface area contributed by atoms with E-state index in [1.807, 2.05) is 0 Å². The van der Waals surface area contributed by atoms with E-state index in [1.165, 1.54) is 12.1 Å². The fourth-order valence-electron chi connectivity index (χ4n) is 3.01. The maximum Gasteiger partial charge on any atom is 0.377 e. The first-order valence-corrected chi connectivity index (χ1v) is 15.0. The molecular weight excluding hydrogens is 668 g/mol. The van der Waals surface area contributed by atoms with Crippen LogP contribution < -0.4 is 0 Å². The summed E-state index contributed by atoms with van der Waals surface area (Å²) < 4.78 is 0. The van der Waals surface area contributed by atoms with Crippen LogP contribution >= 0.6 is 0 Å². The van der Waals surface area contributed by atoms with Crippen LogP contribution in [0.2, 0.25) is 0 Å². The summed E-state index contributed by atoms with van der Waals surface area (Å²) in [6.07, 6.45) is 0. The molecule has 0 aliphatic carbocycles. The number of carbonyl (C=O) groups excluding carboxylic acids is 5.